The van der Waals surface area contributed by atoms with Crippen LogP contribution in [0.1, 0.15) is 27.9 Å². The minimum Gasteiger partial charge on any atom is -0.389 e. The highest BCUT2D eigenvalue weighted by Crippen LogP contribution is 2.21. The summed E-state index contributed by atoms with van der Waals surface area (Å²) >= 11 is 2.60. The van der Waals surface area contributed by atoms with E-state index in [1.165, 1.54) is 22.9 Å². The summed E-state index contributed by atoms with van der Waals surface area (Å²) in [5.41, 5.74) is 10.6. The van der Waals surface area contributed by atoms with Gasteiger partial charge in [0.1, 0.15) is 5.00 Å². The third kappa shape index (κ3) is 2.57. The van der Waals surface area contributed by atoms with Gasteiger partial charge in [0.25, 0.3) is 5.91 Å². The Labute approximate surface area is 113 Å². The van der Waals surface area contributed by atoms with Crippen LogP contribution in [0.25, 0.3) is 0 Å². The zero-order valence-electron chi connectivity index (χ0n) is 9.93. The van der Waals surface area contributed by atoms with Crippen LogP contribution < -0.4 is 11.2 Å². The molecule has 1 amide bonds. The number of nitrogens with zero attached hydrogens (tertiary/aromatic N) is 2. The normalized spacial score (nSPS) is 11.6. The summed E-state index contributed by atoms with van der Waals surface area (Å²) in [5, 5.41) is 6.51. The predicted molar refractivity (Wildman–Crippen MR) is 75.3 cm³/mol. The maximum atomic E-state index is 11.7. The predicted octanol–water partition coefficient (Wildman–Crippen LogP) is 2.25. The van der Waals surface area contributed by atoms with Gasteiger partial charge < -0.3 is 5.73 Å². The fraction of sp³-hybridized carbons (Fsp3) is 0.182. The molecule has 0 saturated heterocycles. The second kappa shape index (κ2) is 5.28. The molecule has 0 saturated carbocycles. The highest BCUT2D eigenvalue weighted by molar-refractivity contribution is 7.12. The minimum atomic E-state index is -0.219. The lowest BCUT2D eigenvalue weighted by atomic mass is 10.2. The fourth-order valence-corrected chi connectivity index (χ4v) is 2.81. The van der Waals surface area contributed by atoms with Gasteiger partial charge in [-0.15, -0.1) is 11.3 Å². The molecule has 2 rings (SSSR count). The van der Waals surface area contributed by atoms with Crippen molar-refractivity contribution in [3.05, 3.63) is 33.6 Å². The molecule has 94 valence electrons. The zero-order valence-corrected chi connectivity index (χ0v) is 11.6. The van der Waals surface area contributed by atoms with E-state index in [-0.39, 0.29) is 5.91 Å². The van der Waals surface area contributed by atoms with Crippen molar-refractivity contribution in [1.29, 1.82) is 0 Å². The Bertz CT molecular complexity index is 567. The average Bonchev–Trinajstić information content (AvgIpc) is 2.96. The average molecular weight is 280 g/mol. The fourth-order valence-electron chi connectivity index (χ4n) is 1.48. The SMILES string of the molecule is C/C(=N/NC(=O)c1cccs1)c1c(C)nsc1N. The standard InChI is InChI=1S/C11H12N4OS2/c1-6(9-7(2)15-18-10(9)12)13-14-11(16)8-4-3-5-17-8/h3-5H,12H2,1-2H3,(H,14,16)/b13-6-. The van der Waals surface area contributed by atoms with Crippen LogP contribution in [0.5, 0.6) is 0 Å². The molecule has 0 unspecified atom stereocenters. The molecule has 0 aliphatic carbocycles. The number of hydrazone groups is 1. The molecule has 0 atom stereocenters. The van der Waals surface area contributed by atoms with E-state index < -0.39 is 0 Å². The molecule has 7 heteroatoms. The molecular formula is C11H12N4OS2. The number of hydrogen-bond donors (Lipinski definition) is 2. The van der Waals surface area contributed by atoms with Gasteiger partial charge >= 0.3 is 0 Å². The molecule has 0 aliphatic heterocycles. The van der Waals surface area contributed by atoms with Crippen LogP contribution in [0.4, 0.5) is 5.00 Å². The molecule has 2 aromatic heterocycles. The summed E-state index contributed by atoms with van der Waals surface area (Å²) in [7, 11) is 0. The molecule has 5 nitrogen and oxygen atoms in total. The van der Waals surface area contributed by atoms with Crippen LogP contribution in [0.2, 0.25) is 0 Å². The van der Waals surface area contributed by atoms with E-state index in [1.807, 2.05) is 18.4 Å². The lowest BCUT2D eigenvalue weighted by molar-refractivity contribution is 0.0959. The number of carbonyl (C=O) groups is 1. The molecule has 0 aliphatic rings. The molecule has 2 heterocycles. The number of rotatable bonds is 3. The third-order valence-corrected chi connectivity index (χ3v) is 3.96. The number of anilines is 1. The van der Waals surface area contributed by atoms with E-state index in [4.69, 9.17) is 5.73 Å². The monoisotopic (exact) mass is 280 g/mol. The van der Waals surface area contributed by atoms with Crippen molar-refractivity contribution in [1.82, 2.24) is 9.80 Å². The summed E-state index contributed by atoms with van der Waals surface area (Å²) in [6.45, 7) is 3.66. The van der Waals surface area contributed by atoms with Crippen LogP contribution >= 0.6 is 22.9 Å². The Kier molecular flexibility index (Phi) is 3.73. The Morgan fingerprint density at radius 2 is 2.33 bits per heavy atom. The highest BCUT2D eigenvalue weighted by atomic mass is 32.1. The third-order valence-electron chi connectivity index (χ3n) is 2.32. The Morgan fingerprint density at radius 3 is 2.89 bits per heavy atom. The summed E-state index contributed by atoms with van der Waals surface area (Å²) in [6, 6.07) is 3.57. The first-order valence-electron chi connectivity index (χ1n) is 5.20. The lowest BCUT2D eigenvalue weighted by Crippen LogP contribution is -2.18. The molecular weight excluding hydrogens is 268 g/mol. The number of aromatic nitrogens is 1. The van der Waals surface area contributed by atoms with E-state index in [9.17, 15) is 4.79 Å². The molecule has 0 aromatic carbocycles. The van der Waals surface area contributed by atoms with E-state index >= 15 is 0 Å². The van der Waals surface area contributed by atoms with Crippen molar-refractivity contribution >= 4 is 39.5 Å². The van der Waals surface area contributed by atoms with Gasteiger partial charge in [-0.1, -0.05) is 6.07 Å². The van der Waals surface area contributed by atoms with Crippen molar-refractivity contribution in [3.63, 3.8) is 0 Å². The zero-order chi connectivity index (χ0) is 13.1. The summed E-state index contributed by atoms with van der Waals surface area (Å²) in [4.78, 5) is 12.3. The molecule has 3 N–H and O–H groups in total. The molecule has 0 radical (unpaired) electrons. The molecule has 0 fully saturated rings. The first-order chi connectivity index (χ1) is 8.59. The summed E-state index contributed by atoms with van der Waals surface area (Å²) in [6.07, 6.45) is 0. The van der Waals surface area contributed by atoms with Crippen LogP contribution in [0.15, 0.2) is 22.6 Å². The number of hydrogen-bond acceptors (Lipinski definition) is 6. The van der Waals surface area contributed by atoms with Crippen LogP contribution in [0, 0.1) is 6.92 Å². The smallest absolute Gasteiger partial charge is 0.281 e. The van der Waals surface area contributed by atoms with Crippen molar-refractivity contribution in [2.45, 2.75) is 13.8 Å². The number of nitrogen functional groups attached to an aromatic ring is 1. The molecule has 0 spiro atoms. The van der Waals surface area contributed by atoms with Gasteiger partial charge in [-0.3, -0.25) is 4.79 Å². The van der Waals surface area contributed by atoms with Crippen LogP contribution in [-0.2, 0) is 0 Å². The van der Waals surface area contributed by atoms with Gasteiger partial charge in [-0.05, 0) is 36.8 Å². The van der Waals surface area contributed by atoms with E-state index in [0.29, 0.717) is 15.6 Å². The summed E-state index contributed by atoms with van der Waals surface area (Å²) < 4.78 is 4.14. The van der Waals surface area contributed by atoms with Gasteiger partial charge in [0.05, 0.1) is 21.8 Å². The number of nitrogens with two attached hydrogens (primary N) is 1. The van der Waals surface area contributed by atoms with Gasteiger partial charge in [0.15, 0.2) is 0 Å². The largest absolute Gasteiger partial charge is 0.389 e. The highest BCUT2D eigenvalue weighted by Gasteiger charge is 2.11. The quantitative estimate of drug-likeness (QED) is 0.668. The van der Waals surface area contributed by atoms with Gasteiger partial charge in [0.2, 0.25) is 0 Å². The Hall–Kier alpha value is -1.73. The second-order valence-electron chi connectivity index (χ2n) is 3.62. The van der Waals surface area contributed by atoms with E-state index in [0.717, 1.165) is 11.3 Å². The number of carbonyl (C=O) groups excluding carboxylic acids is 1. The number of amides is 1. The van der Waals surface area contributed by atoms with Crippen molar-refractivity contribution in [2.24, 2.45) is 5.10 Å². The minimum absolute atomic E-state index is 0.219. The van der Waals surface area contributed by atoms with E-state index in [1.54, 1.807) is 13.0 Å². The van der Waals surface area contributed by atoms with Crippen LogP contribution in [0.3, 0.4) is 0 Å². The van der Waals surface area contributed by atoms with Crippen molar-refractivity contribution in [3.8, 4) is 0 Å². The maximum Gasteiger partial charge on any atom is 0.281 e. The van der Waals surface area contributed by atoms with Crippen LogP contribution in [-0.4, -0.2) is 16.0 Å². The van der Waals surface area contributed by atoms with Gasteiger partial charge in [-0.25, -0.2) is 5.43 Å². The summed E-state index contributed by atoms with van der Waals surface area (Å²) in [5.74, 6) is -0.219. The Balaban J connectivity index is 2.13. The van der Waals surface area contributed by atoms with Gasteiger partial charge in [0, 0.05) is 0 Å². The topological polar surface area (TPSA) is 80.4 Å². The second-order valence-corrected chi connectivity index (χ2v) is 5.38. The number of nitrogens with one attached hydrogen (secondary N) is 1. The lowest BCUT2D eigenvalue weighted by Gasteiger charge is -2.01. The van der Waals surface area contributed by atoms with Crippen molar-refractivity contribution in [2.75, 3.05) is 5.73 Å². The molecule has 18 heavy (non-hydrogen) atoms. The Morgan fingerprint density at radius 1 is 1.56 bits per heavy atom. The first kappa shape index (κ1) is 12.7. The van der Waals surface area contributed by atoms with Crippen molar-refractivity contribution < 1.29 is 4.79 Å². The molecule has 2 aromatic rings. The van der Waals surface area contributed by atoms with Gasteiger partial charge in [-0.2, -0.15) is 9.47 Å². The maximum absolute atomic E-state index is 11.7. The molecule has 0 bridgehead atoms. The number of aryl methyl sites for hydroxylation is 1. The van der Waals surface area contributed by atoms with E-state index in [2.05, 4.69) is 14.9 Å². The number of thiophene rings is 1. The first-order valence-corrected chi connectivity index (χ1v) is 6.85.